The maximum absolute atomic E-state index is 12.7. The average Bonchev–Trinajstić information content (AvgIpc) is 3.12. The molecule has 6 heteroatoms. The van der Waals surface area contributed by atoms with Gasteiger partial charge in [-0.25, -0.2) is 4.98 Å². The summed E-state index contributed by atoms with van der Waals surface area (Å²) in [5, 5.41) is 2.70. The third kappa shape index (κ3) is 3.69. The van der Waals surface area contributed by atoms with E-state index in [1.807, 2.05) is 29.2 Å². The molecule has 1 N–H and O–H groups in total. The van der Waals surface area contributed by atoms with Gasteiger partial charge in [0.25, 0.3) is 5.91 Å². The summed E-state index contributed by atoms with van der Waals surface area (Å²) in [5.74, 6) is 0.891. The smallest absolute Gasteiger partial charge is 0.253 e. The maximum atomic E-state index is 12.7. The highest BCUT2D eigenvalue weighted by Gasteiger charge is 2.27. The van der Waals surface area contributed by atoms with Crippen LogP contribution in [-0.4, -0.2) is 34.8 Å². The molecule has 2 aromatic carbocycles. The number of amides is 2. The number of hydrogen-bond donors (Lipinski definition) is 1. The number of nitrogens with zero attached hydrogens (tertiary/aromatic N) is 2. The fraction of sp³-hybridized carbons (Fsp3) is 0.286. The van der Waals surface area contributed by atoms with Crippen LogP contribution in [0.1, 0.15) is 41.9 Å². The van der Waals surface area contributed by atoms with E-state index in [1.165, 1.54) is 6.92 Å². The molecule has 0 spiro atoms. The Labute approximate surface area is 157 Å². The summed E-state index contributed by atoms with van der Waals surface area (Å²) >= 11 is 0. The number of hydrogen-bond acceptors (Lipinski definition) is 4. The van der Waals surface area contributed by atoms with Crippen molar-refractivity contribution in [2.45, 2.75) is 25.7 Å². The van der Waals surface area contributed by atoms with Crippen LogP contribution in [-0.2, 0) is 4.79 Å². The van der Waals surface area contributed by atoms with E-state index in [9.17, 15) is 9.59 Å². The van der Waals surface area contributed by atoms with Gasteiger partial charge in [-0.15, -0.1) is 0 Å². The van der Waals surface area contributed by atoms with Crippen LogP contribution < -0.4 is 5.32 Å². The normalized spacial score (nSPS) is 15.1. The van der Waals surface area contributed by atoms with E-state index in [2.05, 4.69) is 10.3 Å². The molecule has 0 bridgehead atoms. The summed E-state index contributed by atoms with van der Waals surface area (Å²) in [5.41, 5.74) is 3.01. The molecule has 2 heterocycles. The second-order valence-electron chi connectivity index (χ2n) is 6.84. The average molecular weight is 363 g/mol. The first-order valence-corrected chi connectivity index (χ1v) is 9.12. The van der Waals surface area contributed by atoms with E-state index < -0.39 is 0 Å². The van der Waals surface area contributed by atoms with Crippen LogP contribution in [0.4, 0.5) is 5.69 Å². The Morgan fingerprint density at radius 2 is 1.78 bits per heavy atom. The molecule has 2 amide bonds. The predicted octanol–water partition coefficient (Wildman–Crippen LogP) is 3.81. The molecule has 3 aromatic rings. The van der Waals surface area contributed by atoms with Crippen LogP contribution in [0.25, 0.3) is 11.1 Å². The third-order valence-electron chi connectivity index (χ3n) is 4.89. The van der Waals surface area contributed by atoms with Crippen LogP contribution in [0.5, 0.6) is 0 Å². The standard InChI is InChI=1S/C21H21N3O3/c1-14(25)22-17-8-6-16(7-9-17)21(26)24-12-10-15(11-13-24)20-23-18-4-2-3-5-19(18)27-20/h2-9,15H,10-13H2,1H3,(H,22,25). The van der Waals surface area contributed by atoms with E-state index in [-0.39, 0.29) is 17.7 Å². The Kier molecular flexibility index (Phi) is 4.62. The Balaban J connectivity index is 1.39. The maximum Gasteiger partial charge on any atom is 0.253 e. The molecule has 6 nitrogen and oxygen atoms in total. The largest absolute Gasteiger partial charge is 0.440 e. The van der Waals surface area contributed by atoms with Crippen molar-refractivity contribution in [1.82, 2.24) is 9.88 Å². The number of para-hydroxylation sites is 2. The van der Waals surface area contributed by atoms with Gasteiger partial charge in [0.2, 0.25) is 5.91 Å². The van der Waals surface area contributed by atoms with Crippen LogP contribution in [0.3, 0.4) is 0 Å². The fourth-order valence-electron chi connectivity index (χ4n) is 3.48. The summed E-state index contributed by atoms with van der Waals surface area (Å²) in [4.78, 5) is 30.3. The fourth-order valence-corrected chi connectivity index (χ4v) is 3.48. The van der Waals surface area contributed by atoms with Gasteiger partial charge in [0.05, 0.1) is 0 Å². The molecule has 4 rings (SSSR count). The second kappa shape index (κ2) is 7.23. The van der Waals surface area contributed by atoms with Crippen molar-refractivity contribution < 1.29 is 14.0 Å². The van der Waals surface area contributed by atoms with Crippen molar-refractivity contribution in [2.75, 3.05) is 18.4 Å². The minimum Gasteiger partial charge on any atom is -0.440 e. The van der Waals surface area contributed by atoms with Gasteiger partial charge >= 0.3 is 0 Å². The number of nitrogens with one attached hydrogen (secondary N) is 1. The lowest BCUT2D eigenvalue weighted by Crippen LogP contribution is -2.38. The lowest BCUT2D eigenvalue weighted by molar-refractivity contribution is -0.114. The van der Waals surface area contributed by atoms with Crippen LogP contribution in [0, 0.1) is 0 Å². The summed E-state index contributed by atoms with van der Waals surface area (Å²) in [6.45, 7) is 2.81. The number of fused-ring (bicyclic) bond motifs is 1. The van der Waals surface area contributed by atoms with Gasteiger partial charge in [-0.1, -0.05) is 12.1 Å². The highest BCUT2D eigenvalue weighted by Crippen LogP contribution is 2.30. The molecule has 0 saturated carbocycles. The SMILES string of the molecule is CC(=O)Nc1ccc(C(=O)N2CCC(c3nc4ccccc4o3)CC2)cc1. The zero-order chi connectivity index (χ0) is 18.8. The first-order chi connectivity index (χ1) is 13.1. The molecular weight excluding hydrogens is 342 g/mol. The molecule has 1 saturated heterocycles. The summed E-state index contributed by atoms with van der Waals surface area (Å²) in [6, 6.07) is 14.8. The Bertz CT molecular complexity index is 937. The molecule has 0 atom stereocenters. The molecule has 138 valence electrons. The molecule has 0 unspecified atom stereocenters. The molecular formula is C21H21N3O3. The van der Waals surface area contributed by atoms with Gasteiger partial charge in [0.15, 0.2) is 11.5 Å². The first kappa shape index (κ1) is 17.3. The monoisotopic (exact) mass is 363 g/mol. The first-order valence-electron chi connectivity index (χ1n) is 9.12. The van der Waals surface area contributed by atoms with Crippen molar-refractivity contribution in [3.05, 3.63) is 60.0 Å². The Morgan fingerprint density at radius 1 is 1.07 bits per heavy atom. The summed E-state index contributed by atoms with van der Waals surface area (Å²) in [6.07, 6.45) is 1.67. The molecule has 1 fully saturated rings. The zero-order valence-corrected chi connectivity index (χ0v) is 15.1. The van der Waals surface area contributed by atoms with Crippen molar-refractivity contribution in [1.29, 1.82) is 0 Å². The number of benzene rings is 2. The van der Waals surface area contributed by atoms with E-state index in [4.69, 9.17) is 4.42 Å². The number of rotatable bonds is 3. The van der Waals surface area contributed by atoms with E-state index in [0.29, 0.717) is 24.3 Å². The van der Waals surface area contributed by atoms with Crippen LogP contribution >= 0.6 is 0 Å². The highest BCUT2D eigenvalue weighted by atomic mass is 16.3. The van der Waals surface area contributed by atoms with Crippen molar-refractivity contribution in [3.63, 3.8) is 0 Å². The molecule has 27 heavy (non-hydrogen) atoms. The van der Waals surface area contributed by atoms with Gasteiger partial charge in [-0.05, 0) is 49.2 Å². The van der Waals surface area contributed by atoms with E-state index >= 15 is 0 Å². The number of aromatic nitrogens is 1. The lowest BCUT2D eigenvalue weighted by Gasteiger charge is -2.30. The predicted molar refractivity (Wildman–Crippen MR) is 103 cm³/mol. The van der Waals surface area contributed by atoms with Crippen LogP contribution in [0.2, 0.25) is 0 Å². The quantitative estimate of drug-likeness (QED) is 0.768. The molecule has 1 aliphatic heterocycles. The number of likely N-dealkylation sites (tertiary alicyclic amines) is 1. The van der Waals surface area contributed by atoms with Crippen molar-refractivity contribution in [2.24, 2.45) is 0 Å². The summed E-state index contributed by atoms with van der Waals surface area (Å²) in [7, 11) is 0. The van der Waals surface area contributed by atoms with Crippen LogP contribution in [0.15, 0.2) is 52.9 Å². The molecule has 0 radical (unpaired) electrons. The molecule has 1 aromatic heterocycles. The van der Waals surface area contributed by atoms with Gasteiger partial charge in [0, 0.05) is 37.2 Å². The molecule has 0 aliphatic carbocycles. The van der Waals surface area contributed by atoms with E-state index in [1.54, 1.807) is 24.3 Å². The van der Waals surface area contributed by atoms with Crippen molar-refractivity contribution >= 4 is 28.6 Å². The Hall–Kier alpha value is -3.15. The molecule has 1 aliphatic rings. The number of carbonyl (C=O) groups excluding carboxylic acids is 2. The number of carbonyl (C=O) groups is 2. The topological polar surface area (TPSA) is 75.4 Å². The van der Waals surface area contributed by atoms with Gasteiger partial charge in [-0.2, -0.15) is 0 Å². The minimum atomic E-state index is -0.129. The van der Waals surface area contributed by atoms with Gasteiger partial charge in [0.1, 0.15) is 5.52 Å². The number of oxazole rings is 1. The Morgan fingerprint density at radius 3 is 2.44 bits per heavy atom. The highest BCUT2D eigenvalue weighted by molar-refractivity contribution is 5.95. The van der Waals surface area contributed by atoms with Crippen molar-refractivity contribution in [3.8, 4) is 0 Å². The zero-order valence-electron chi connectivity index (χ0n) is 15.1. The summed E-state index contributed by atoms with van der Waals surface area (Å²) < 4.78 is 5.88. The van der Waals surface area contributed by atoms with E-state index in [0.717, 1.165) is 29.8 Å². The van der Waals surface area contributed by atoms with Gasteiger partial charge < -0.3 is 14.6 Å². The van der Waals surface area contributed by atoms with Gasteiger partial charge in [-0.3, -0.25) is 9.59 Å². The lowest BCUT2D eigenvalue weighted by atomic mass is 9.96. The second-order valence-corrected chi connectivity index (χ2v) is 6.84. The minimum absolute atomic E-state index is 0.0143. The third-order valence-corrected chi connectivity index (χ3v) is 4.89. The number of anilines is 1. The number of piperidine rings is 1.